The molecule has 0 saturated heterocycles. The highest BCUT2D eigenvalue weighted by molar-refractivity contribution is 7.03. The molecule has 1 aliphatic heterocycles. The zero-order chi connectivity index (χ0) is 102. The maximum absolute atomic E-state index is 2.49. The van der Waals surface area contributed by atoms with Gasteiger partial charge in [-0.3, -0.25) is 0 Å². The number of nitrogens with zero attached hydrogens (tertiary/aromatic N) is 6. The molecule has 1 aliphatic carbocycles. The minimum Gasteiger partial charge on any atom is -0.314 e. The SMILES string of the molecule is Cc1c(C)n(-c2ccc(-c3ccc(N(c4ccc(-c5ccccc5)cc4)c4ccc(-c5ccccc5)cc4)cc3)cc2)c2ccccc12.Cc1c(C)n(-c2ccc(-c3ccc(N(c4ccc(-c5ccccc5)cc4)c4ccc5c(c4)C(C)(C)c4ccccc4-5)cc3)cc2)c2ccccc12.Cc1c(C)n(-c2ccc(-c3ccc(N(c4ccc(-c5ccccc5)cc4)c4ccc5c(c4)[Si](C)(C)c4ccccc4-5)cc3)cc2)c2ccccc12. The van der Waals surface area contributed by atoms with Crippen molar-refractivity contribution >= 4 is 102 Å². The second-order valence-electron chi connectivity index (χ2n) is 40.9. The van der Waals surface area contributed by atoms with Crippen LogP contribution in [-0.2, 0) is 5.41 Å². The van der Waals surface area contributed by atoms with Crippen molar-refractivity contribution in [2.24, 2.45) is 0 Å². The molecule has 24 aromatic rings. The van der Waals surface area contributed by atoms with Crippen LogP contribution in [0.25, 0.3) is 150 Å². The van der Waals surface area contributed by atoms with Crippen LogP contribution in [0.3, 0.4) is 0 Å². The molecule has 0 spiro atoms. The molecule has 26 rings (SSSR count). The average Bonchev–Trinajstić information content (AvgIpc) is 1.58. The fourth-order valence-electron chi connectivity index (χ4n) is 23.1. The molecule has 0 N–H and O–H groups in total. The summed E-state index contributed by atoms with van der Waals surface area (Å²) in [7, 11) is -1.84. The fourth-order valence-corrected chi connectivity index (χ4v) is 26.2. The summed E-state index contributed by atoms with van der Waals surface area (Å²) in [4.78, 5) is 7.14. The Morgan fingerprint density at radius 3 is 0.700 bits per heavy atom. The lowest BCUT2D eigenvalue weighted by molar-refractivity contribution is 0.660. The first-order valence-electron chi connectivity index (χ1n) is 52.2. The molecule has 0 saturated carbocycles. The second-order valence-corrected chi connectivity index (χ2v) is 45.3. The van der Waals surface area contributed by atoms with Crippen LogP contribution < -0.4 is 25.1 Å². The molecule has 0 amide bonds. The topological polar surface area (TPSA) is 24.5 Å². The summed E-state index contributed by atoms with van der Waals surface area (Å²) in [5.41, 5.74) is 50.4. The number of para-hydroxylation sites is 3. The first-order chi connectivity index (χ1) is 73.4. The van der Waals surface area contributed by atoms with E-state index in [-0.39, 0.29) is 5.41 Å². The van der Waals surface area contributed by atoms with Crippen molar-refractivity contribution in [3.63, 3.8) is 0 Å². The van der Waals surface area contributed by atoms with Gasteiger partial charge in [0.1, 0.15) is 8.07 Å². The number of fused-ring (bicyclic) bond motifs is 9. The summed E-state index contributed by atoms with van der Waals surface area (Å²) in [5, 5.41) is 6.97. The van der Waals surface area contributed by atoms with Crippen molar-refractivity contribution in [1.82, 2.24) is 13.7 Å². The third-order valence-corrected chi connectivity index (χ3v) is 35.2. The van der Waals surface area contributed by atoms with Crippen molar-refractivity contribution < 1.29 is 0 Å². The van der Waals surface area contributed by atoms with Gasteiger partial charge in [0.15, 0.2) is 0 Å². The second kappa shape index (κ2) is 39.7. The third kappa shape index (κ3) is 17.5. The molecule has 0 fully saturated rings. The first-order valence-corrected chi connectivity index (χ1v) is 55.2. The van der Waals surface area contributed by atoms with Crippen LogP contribution in [0.4, 0.5) is 51.2 Å². The molecule has 4 heterocycles. The van der Waals surface area contributed by atoms with E-state index in [4.69, 9.17) is 0 Å². The van der Waals surface area contributed by atoms with Gasteiger partial charge in [-0.25, -0.2) is 0 Å². The van der Waals surface area contributed by atoms with Gasteiger partial charge in [-0.05, 0) is 344 Å². The lowest BCUT2D eigenvalue weighted by Gasteiger charge is -2.28. The average molecular weight is 1950 g/mol. The lowest BCUT2D eigenvalue weighted by Crippen LogP contribution is -2.49. The van der Waals surface area contributed by atoms with Crippen molar-refractivity contribution in [3.05, 3.63) is 567 Å². The van der Waals surface area contributed by atoms with E-state index in [1.807, 2.05) is 0 Å². The molecule has 6 nitrogen and oxygen atoms in total. The van der Waals surface area contributed by atoms with E-state index in [1.54, 1.807) is 0 Å². The van der Waals surface area contributed by atoms with Crippen LogP contribution in [-0.4, -0.2) is 21.8 Å². The van der Waals surface area contributed by atoms with Crippen LogP contribution in [0.2, 0.25) is 13.1 Å². The molecule has 722 valence electrons. The molecule has 150 heavy (non-hydrogen) atoms. The molecule has 0 unspecified atom stereocenters. The smallest absolute Gasteiger partial charge is 0.113 e. The van der Waals surface area contributed by atoms with Crippen LogP contribution in [0.1, 0.15) is 58.7 Å². The van der Waals surface area contributed by atoms with Crippen LogP contribution in [0, 0.1) is 41.5 Å². The summed E-state index contributed by atoms with van der Waals surface area (Å²) in [6, 6.07) is 190. The molecule has 0 bridgehead atoms. The van der Waals surface area contributed by atoms with Gasteiger partial charge >= 0.3 is 0 Å². The standard InChI is InChI=1S/C49H40N2.C48H40N2Si.C46H36N2/c1-33-34(2)50(48-17-11-9-14-43(33)48)39-24-18-37(19-25-39)38-22-28-41(29-23-38)51(40-26-20-36(21-27-40)35-12-6-5-7-13-35)42-30-31-45-44-15-8-10-16-46(44)49(3,4)47(45)32-42;1-33-34(2)49(46-16-10-8-14-43(33)46)39-24-18-37(19-25-39)38-22-28-41(29-23-38)50(40-26-20-36(21-27-40)35-12-6-5-7-13-35)42-30-31-45-44-15-9-11-17-47(44)51(3,4)48(45)32-42;1-33-34(2)47(46-16-10-9-15-45(33)46)41-25-17-39(18-26-41)40-23-31-44(32-24-40)48(42-27-19-37(20-28-42)35-11-5-3-6-12-35)43-29-21-38(22-30-43)36-13-7-4-8-14-36/h2*5-32H,1-4H3;3-32H,1-2H3. The van der Waals surface area contributed by atoms with Crippen LogP contribution >= 0.6 is 0 Å². The zero-order valence-corrected chi connectivity index (χ0v) is 87.3. The first kappa shape index (κ1) is 94.2. The van der Waals surface area contributed by atoms with Crippen molar-refractivity contribution in [2.75, 3.05) is 14.7 Å². The summed E-state index contributed by atoms with van der Waals surface area (Å²) >= 11 is 0. The number of aryl methyl sites for hydroxylation is 3. The number of anilines is 9. The minimum atomic E-state index is -1.84. The van der Waals surface area contributed by atoms with Gasteiger partial charge in [-0.15, -0.1) is 0 Å². The highest BCUT2D eigenvalue weighted by Gasteiger charge is 2.39. The number of aromatic nitrogens is 3. The van der Waals surface area contributed by atoms with E-state index in [0.717, 1.165) is 45.5 Å². The normalized spacial score (nSPS) is 12.3. The van der Waals surface area contributed by atoms with Crippen molar-refractivity contribution in [1.29, 1.82) is 0 Å². The van der Waals surface area contributed by atoms with Crippen LogP contribution in [0.5, 0.6) is 0 Å². The summed E-state index contributed by atoms with van der Waals surface area (Å²) < 4.78 is 7.11. The predicted molar refractivity (Wildman–Crippen MR) is 640 cm³/mol. The van der Waals surface area contributed by atoms with E-state index in [9.17, 15) is 0 Å². The molecule has 2 aliphatic rings. The molecule has 3 aromatic heterocycles. The molecular formula is C143H116N6Si. The van der Waals surface area contributed by atoms with Gasteiger partial charge in [-0.2, -0.15) is 0 Å². The predicted octanol–water partition coefficient (Wildman–Crippen LogP) is 37.9. The highest BCUT2D eigenvalue weighted by Crippen LogP contribution is 2.52. The van der Waals surface area contributed by atoms with Gasteiger partial charge in [-0.1, -0.05) is 385 Å². The Bertz CT molecular complexity index is 8620. The maximum Gasteiger partial charge on any atom is 0.113 e. The van der Waals surface area contributed by atoms with Crippen LogP contribution in [0.15, 0.2) is 522 Å². The highest BCUT2D eigenvalue weighted by atomic mass is 28.3. The Kier molecular flexibility index (Phi) is 24.9. The van der Waals surface area contributed by atoms with Gasteiger partial charge in [0.2, 0.25) is 0 Å². The monoisotopic (exact) mass is 1940 g/mol. The molecular weight excluding hydrogens is 1830 g/mol. The molecule has 0 atom stereocenters. The van der Waals surface area contributed by atoms with Gasteiger partial charge in [0, 0.05) is 107 Å². The Morgan fingerprint density at radius 2 is 0.393 bits per heavy atom. The number of benzene rings is 21. The van der Waals surface area contributed by atoms with E-state index in [2.05, 4.69) is 619 Å². The molecule has 7 heteroatoms. The Morgan fingerprint density at radius 1 is 0.180 bits per heavy atom. The Hall–Kier alpha value is -18.1. The zero-order valence-electron chi connectivity index (χ0n) is 86.3. The number of hydrogen-bond donors (Lipinski definition) is 0. The quantitative estimate of drug-likeness (QED) is 0.0754. The Labute approximate surface area is 882 Å². The van der Waals surface area contributed by atoms with Gasteiger partial charge in [0.05, 0.1) is 16.6 Å². The molecule has 0 radical (unpaired) electrons. The largest absolute Gasteiger partial charge is 0.314 e. The van der Waals surface area contributed by atoms with E-state index in [0.29, 0.717) is 0 Å². The Balaban J connectivity index is 0.000000120. The van der Waals surface area contributed by atoms with E-state index < -0.39 is 8.07 Å². The van der Waals surface area contributed by atoms with Gasteiger partial charge < -0.3 is 28.4 Å². The number of rotatable bonds is 19. The van der Waals surface area contributed by atoms with E-state index in [1.165, 1.54) is 211 Å². The summed E-state index contributed by atoms with van der Waals surface area (Å²) in [6.07, 6.45) is 0. The van der Waals surface area contributed by atoms with Crippen molar-refractivity contribution in [3.8, 4) is 117 Å². The summed E-state index contributed by atoms with van der Waals surface area (Å²) in [6.45, 7) is 23.0. The van der Waals surface area contributed by atoms with E-state index >= 15 is 0 Å². The third-order valence-electron chi connectivity index (χ3n) is 31.6. The molecule has 21 aromatic carbocycles. The van der Waals surface area contributed by atoms with Crippen molar-refractivity contribution in [2.45, 2.75) is 73.9 Å². The summed E-state index contributed by atoms with van der Waals surface area (Å²) in [5.74, 6) is 0. The lowest BCUT2D eigenvalue weighted by atomic mass is 9.82. The fraction of sp³-hybridized carbons (Fsp3) is 0.0769. The number of hydrogen-bond acceptors (Lipinski definition) is 3. The van der Waals surface area contributed by atoms with Gasteiger partial charge in [0.25, 0.3) is 0 Å². The minimum absolute atomic E-state index is 0.0784. The maximum atomic E-state index is 2.49.